The second-order valence-electron chi connectivity index (χ2n) is 5.66. The van der Waals surface area contributed by atoms with Gasteiger partial charge in [-0.25, -0.2) is 4.52 Å². The normalized spacial score (nSPS) is 18.3. The van der Waals surface area contributed by atoms with Gasteiger partial charge in [0.05, 0.1) is 6.61 Å². The Hall–Kier alpha value is -1.14. The Morgan fingerprint density at radius 3 is 2.85 bits per heavy atom. The summed E-state index contributed by atoms with van der Waals surface area (Å²) in [5.74, 6) is 0.626. The van der Waals surface area contributed by atoms with Crippen LogP contribution in [0.15, 0.2) is 22.8 Å². The first kappa shape index (κ1) is 13.8. The maximum atomic E-state index is 9.70. The Morgan fingerprint density at radius 2 is 2.10 bits per heavy atom. The standard InChI is InChI=1S/C14H19BrN4O/c15-11-4-5-12-17-13(18-19(12)8-11)16-9-14(10-20)6-2-1-3-7-14/h4-5,8,20H,1-3,6-7,9-10H2,(H,16,18). The van der Waals surface area contributed by atoms with Gasteiger partial charge in [-0.05, 0) is 40.9 Å². The first-order valence-corrected chi connectivity index (χ1v) is 7.87. The van der Waals surface area contributed by atoms with Crippen molar-refractivity contribution in [3.8, 4) is 0 Å². The maximum absolute atomic E-state index is 9.70. The molecular formula is C14H19BrN4O. The monoisotopic (exact) mass is 338 g/mol. The molecule has 108 valence electrons. The Morgan fingerprint density at radius 1 is 1.30 bits per heavy atom. The average molecular weight is 339 g/mol. The summed E-state index contributed by atoms with van der Waals surface area (Å²) >= 11 is 3.42. The maximum Gasteiger partial charge on any atom is 0.243 e. The fourth-order valence-corrected chi connectivity index (χ4v) is 3.22. The first-order chi connectivity index (χ1) is 9.71. The van der Waals surface area contributed by atoms with Crippen LogP contribution in [0.3, 0.4) is 0 Å². The summed E-state index contributed by atoms with van der Waals surface area (Å²) in [6, 6.07) is 3.87. The van der Waals surface area contributed by atoms with E-state index in [9.17, 15) is 5.11 Å². The van der Waals surface area contributed by atoms with Crippen molar-refractivity contribution in [2.24, 2.45) is 5.41 Å². The molecule has 0 spiro atoms. The summed E-state index contributed by atoms with van der Waals surface area (Å²) in [5, 5.41) is 17.4. The van der Waals surface area contributed by atoms with Crippen LogP contribution in [-0.4, -0.2) is 32.9 Å². The number of aliphatic hydroxyl groups excluding tert-OH is 1. The van der Waals surface area contributed by atoms with Crippen LogP contribution in [0.5, 0.6) is 0 Å². The van der Waals surface area contributed by atoms with E-state index in [1.807, 2.05) is 18.3 Å². The average Bonchev–Trinajstić information content (AvgIpc) is 2.88. The number of hydrogen-bond acceptors (Lipinski definition) is 4. The van der Waals surface area contributed by atoms with Gasteiger partial charge in [0.25, 0.3) is 0 Å². The van der Waals surface area contributed by atoms with Crippen molar-refractivity contribution in [1.29, 1.82) is 0 Å². The minimum absolute atomic E-state index is 0.00366. The number of fused-ring (bicyclic) bond motifs is 1. The third-order valence-corrected chi connectivity index (χ3v) is 4.64. The lowest BCUT2D eigenvalue weighted by atomic mass is 9.74. The van der Waals surface area contributed by atoms with Crippen LogP contribution in [0.2, 0.25) is 0 Å². The van der Waals surface area contributed by atoms with E-state index in [0.29, 0.717) is 5.95 Å². The Kier molecular flexibility index (Phi) is 3.94. The minimum Gasteiger partial charge on any atom is -0.396 e. The lowest BCUT2D eigenvalue weighted by Crippen LogP contribution is -2.35. The quantitative estimate of drug-likeness (QED) is 0.899. The van der Waals surface area contributed by atoms with Gasteiger partial charge in [0, 0.05) is 22.6 Å². The van der Waals surface area contributed by atoms with Crippen LogP contribution in [0, 0.1) is 5.41 Å². The molecule has 2 N–H and O–H groups in total. The largest absolute Gasteiger partial charge is 0.396 e. The van der Waals surface area contributed by atoms with Crippen molar-refractivity contribution in [1.82, 2.24) is 14.6 Å². The van der Waals surface area contributed by atoms with Gasteiger partial charge in [-0.15, -0.1) is 5.10 Å². The number of nitrogens with zero attached hydrogens (tertiary/aromatic N) is 3. The van der Waals surface area contributed by atoms with Crippen LogP contribution in [0.25, 0.3) is 5.65 Å². The van der Waals surface area contributed by atoms with Gasteiger partial charge >= 0.3 is 0 Å². The number of aromatic nitrogens is 3. The Balaban J connectivity index is 1.72. The summed E-state index contributed by atoms with van der Waals surface area (Å²) in [4.78, 5) is 4.44. The van der Waals surface area contributed by atoms with Gasteiger partial charge in [-0.2, -0.15) is 4.98 Å². The number of hydrogen-bond donors (Lipinski definition) is 2. The highest BCUT2D eigenvalue weighted by Crippen LogP contribution is 2.35. The second kappa shape index (κ2) is 5.69. The molecule has 0 unspecified atom stereocenters. The van der Waals surface area contributed by atoms with Crippen molar-refractivity contribution in [2.75, 3.05) is 18.5 Å². The lowest BCUT2D eigenvalue weighted by Gasteiger charge is -2.35. The van der Waals surface area contributed by atoms with E-state index in [0.717, 1.165) is 29.5 Å². The van der Waals surface area contributed by atoms with Gasteiger partial charge in [0.15, 0.2) is 5.65 Å². The number of anilines is 1. The van der Waals surface area contributed by atoms with E-state index >= 15 is 0 Å². The lowest BCUT2D eigenvalue weighted by molar-refractivity contribution is 0.0942. The van der Waals surface area contributed by atoms with Crippen LogP contribution in [0.4, 0.5) is 5.95 Å². The molecule has 0 bridgehead atoms. The zero-order chi connectivity index (χ0) is 14.0. The molecule has 2 aromatic rings. The van der Waals surface area contributed by atoms with E-state index in [-0.39, 0.29) is 12.0 Å². The number of nitrogens with one attached hydrogen (secondary N) is 1. The topological polar surface area (TPSA) is 62.5 Å². The van der Waals surface area contributed by atoms with Gasteiger partial charge in [-0.3, -0.25) is 0 Å². The number of rotatable bonds is 4. The molecule has 20 heavy (non-hydrogen) atoms. The molecule has 1 aliphatic carbocycles. The predicted octanol–water partition coefficient (Wildman–Crippen LogP) is 2.85. The number of halogens is 1. The minimum atomic E-state index is -0.00366. The highest BCUT2D eigenvalue weighted by Gasteiger charge is 2.31. The second-order valence-corrected chi connectivity index (χ2v) is 6.57. The zero-order valence-corrected chi connectivity index (χ0v) is 12.9. The SMILES string of the molecule is OCC1(CNc2nc3ccc(Br)cn3n2)CCCCC1. The Bertz CT molecular complexity index is 592. The number of aliphatic hydroxyl groups is 1. The first-order valence-electron chi connectivity index (χ1n) is 7.07. The third kappa shape index (κ3) is 2.81. The molecule has 0 aliphatic heterocycles. The molecule has 3 rings (SSSR count). The van der Waals surface area contributed by atoms with E-state index in [4.69, 9.17) is 0 Å². The zero-order valence-electron chi connectivity index (χ0n) is 11.3. The molecule has 1 fully saturated rings. The predicted molar refractivity (Wildman–Crippen MR) is 81.8 cm³/mol. The smallest absolute Gasteiger partial charge is 0.243 e. The molecule has 0 saturated heterocycles. The molecule has 1 saturated carbocycles. The van der Waals surface area contributed by atoms with Crippen molar-refractivity contribution >= 4 is 27.5 Å². The van der Waals surface area contributed by atoms with Crippen LogP contribution >= 0.6 is 15.9 Å². The number of pyridine rings is 1. The summed E-state index contributed by atoms with van der Waals surface area (Å²) in [7, 11) is 0. The van der Waals surface area contributed by atoms with Crippen molar-refractivity contribution in [2.45, 2.75) is 32.1 Å². The molecular weight excluding hydrogens is 320 g/mol. The molecule has 2 heterocycles. The van der Waals surface area contributed by atoms with Crippen molar-refractivity contribution < 1.29 is 5.11 Å². The van der Waals surface area contributed by atoms with Gasteiger partial charge in [0.1, 0.15) is 0 Å². The van der Waals surface area contributed by atoms with Gasteiger partial charge < -0.3 is 10.4 Å². The van der Waals surface area contributed by atoms with E-state index in [2.05, 4.69) is 31.3 Å². The summed E-state index contributed by atoms with van der Waals surface area (Å²) < 4.78 is 2.72. The highest BCUT2D eigenvalue weighted by molar-refractivity contribution is 9.10. The highest BCUT2D eigenvalue weighted by atomic mass is 79.9. The third-order valence-electron chi connectivity index (χ3n) is 4.17. The van der Waals surface area contributed by atoms with E-state index in [1.165, 1.54) is 19.3 Å². The van der Waals surface area contributed by atoms with Crippen LogP contribution < -0.4 is 5.32 Å². The molecule has 0 amide bonds. The van der Waals surface area contributed by atoms with E-state index in [1.54, 1.807) is 4.52 Å². The summed E-state index contributed by atoms with van der Waals surface area (Å²) in [5.41, 5.74) is 0.813. The van der Waals surface area contributed by atoms with Gasteiger partial charge in [-0.1, -0.05) is 19.3 Å². The molecule has 5 nitrogen and oxygen atoms in total. The molecule has 2 aromatic heterocycles. The molecule has 0 radical (unpaired) electrons. The fraction of sp³-hybridized carbons (Fsp3) is 0.571. The van der Waals surface area contributed by atoms with Crippen LogP contribution in [-0.2, 0) is 0 Å². The molecule has 0 aromatic carbocycles. The summed E-state index contributed by atoms with van der Waals surface area (Å²) in [6.07, 6.45) is 7.73. The fourth-order valence-electron chi connectivity index (χ4n) is 2.89. The van der Waals surface area contributed by atoms with Crippen LogP contribution in [0.1, 0.15) is 32.1 Å². The molecule has 0 atom stereocenters. The summed E-state index contributed by atoms with van der Waals surface area (Å²) in [6.45, 7) is 0.973. The molecule has 6 heteroatoms. The van der Waals surface area contributed by atoms with Crippen molar-refractivity contribution in [3.63, 3.8) is 0 Å². The van der Waals surface area contributed by atoms with E-state index < -0.39 is 0 Å². The van der Waals surface area contributed by atoms with Gasteiger partial charge in [0.2, 0.25) is 5.95 Å². The van der Waals surface area contributed by atoms with Crippen molar-refractivity contribution in [3.05, 3.63) is 22.8 Å². The molecule has 1 aliphatic rings. The Labute approximate surface area is 126 Å².